The van der Waals surface area contributed by atoms with Gasteiger partial charge in [-0.1, -0.05) is 25.1 Å². The van der Waals surface area contributed by atoms with Crippen LogP contribution in [-0.2, 0) is 6.42 Å². The van der Waals surface area contributed by atoms with Crippen molar-refractivity contribution < 1.29 is 9.53 Å². The molecule has 0 spiro atoms. The quantitative estimate of drug-likeness (QED) is 0.836. The average molecular weight is 354 g/mol. The Morgan fingerprint density at radius 2 is 1.92 bits per heavy atom. The normalized spacial score (nSPS) is 19.7. The third kappa shape index (κ3) is 4.75. The molecule has 1 heterocycles. The summed E-state index contributed by atoms with van der Waals surface area (Å²) in [6, 6.07) is 11.2. The fourth-order valence-electron chi connectivity index (χ4n) is 3.44. The predicted molar refractivity (Wildman–Crippen MR) is 102 cm³/mol. The van der Waals surface area contributed by atoms with Crippen LogP contribution in [0, 0.1) is 5.92 Å². The van der Waals surface area contributed by atoms with Crippen molar-refractivity contribution in [3.05, 3.63) is 64.1 Å². The smallest absolute Gasteiger partial charge is 0.252 e. The summed E-state index contributed by atoms with van der Waals surface area (Å²) in [5.74, 6) is 1.34. The summed E-state index contributed by atoms with van der Waals surface area (Å²) in [6.07, 6.45) is 6.80. The number of ether oxygens (including phenoxy) is 1. The molecule has 1 aromatic carbocycles. The molecule has 0 saturated heterocycles. The van der Waals surface area contributed by atoms with Crippen LogP contribution < -0.4 is 15.6 Å². The lowest BCUT2D eigenvalue weighted by Gasteiger charge is -2.29. The van der Waals surface area contributed by atoms with Crippen molar-refractivity contribution in [1.82, 2.24) is 10.3 Å². The Labute approximate surface area is 153 Å². The molecular formula is C21H26N2O3. The number of aryl methyl sites for hydroxylation is 1. The van der Waals surface area contributed by atoms with Crippen molar-refractivity contribution in [1.29, 1.82) is 0 Å². The number of aromatic nitrogens is 1. The lowest BCUT2D eigenvalue weighted by atomic mass is 9.87. The maximum Gasteiger partial charge on any atom is 0.252 e. The third-order valence-electron chi connectivity index (χ3n) is 5.04. The second-order valence-corrected chi connectivity index (χ2v) is 6.87. The number of aromatic amines is 1. The number of amides is 1. The number of para-hydroxylation sites is 1. The zero-order valence-electron chi connectivity index (χ0n) is 15.2. The Hall–Kier alpha value is -2.56. The molecule has 1 amide bonds. The van der Waals surface area contributed by atoms with Gasteiger partial charge in [0.2, 0.25) is 5.56 Å². The monoisotopic (exact) mass is 354 g/mol. The fourth-order valence-corrected chi connectivity index (χ4v) is 3.44. The second-order valence-electron chi connectivity index (χ2n) is 6.87. The SMILES string of the molecule is CCc1ccccc1OC1CCC(CNC(=O)c2ccc(=O)[nH]c2)CC1. The van der Waals surface area contributed by atoms with Gasteiger partial charge in [0, 0.05) is 18.8 Å². The van der Waals surface area contributed by atoms with Crippen LogP contribution in [0.1, 0.15) is 48.5 Å². The van der Waals surface area contributed by atoms with Crippen molar-refractivity contribution in [2.45, 2.75) is 45.1 Å². The van der Waals surface area contributed by atoms with Gasteiger partial charge >= 0.3 is 0 Å². The molecule has 26 heavy (non-hydrogen) atoms. The topological polar surface area (TPSA) is 71.2 Å². The molecule has 1 aliphatic carbocycles. The maximum atomic E-state index is 12.1. The zero-order valence-corrected chi connectivity index (χ0v) is 15.2. The molecular weight excluding hydrogens is 328 g/mol. The lowest BCUT2D eigenvalue weighted by molar-refractivity contribution is 0.0928. The van der Waals surface area contributed by atoms with Crippen molar-refractivity contribution in [3.8, 4) is 5.75 Å². The first-order valence-electron chi connectivity index (χ1n) is 9.37. The molecule has 2 aromatic rings. The molecule has 138 valence electrons. The summed E-state index contributed by atoms with van der Waals surface area (Å²) in [5.41, 5.74) is 1.53. The van der Waals surface area contributed by atoms with Gasteiger partial charge in [-0.15, -0.1) is 0 Å². The fraction of sp³-hybridized carbons (Fsp3) is 0.429. The number of H-pyrrole nitrogens is 1. The van der Waals surface area contributed by atoms with Crippen LogP contribution in [0.3, 0.4) is 0 Å². The molecule has 5 nitrogen and oxygen atoms in total. The summed E-state index contributed by atoms with van der Waals surface area (Å²) >= 11 is 0. The van der Waals surface area contributed by atoms with Crippen LogP contribution in [0.15, 0.2) is 47.4 Å². The van der Waals surface area contributed by atoms with Crippen molar-refractivity contribution >= 4 is 5.91 Å². The van der Waals surface area contributed by atoms with Gasteiger partial charge < -0.3 is 15.0 Å². The summed E-state index contributed by atoms with van der Waals surface area (Å²) in [5, 5.41) is 2.97. The summed E-state index contributed by atoms with van der Waals surface area (Å²) < 4.78 is 6.21. The number of carbonyl (C=O) groups is 1. The average Bonchev–Trinajstić information content (AvgIpc) is 2.68. The molecule has 0 atom stereocenters. The summed E-state index contributed by atoms with van der Waals surface area (Å²) in [7, 11) is 0. The van der Waals surface area contributed by atoms with E-state index < -0.39 is 0 Å². The highest BCUT2D eigenvalue weighted by molar-refractivity contribution is 5.93. The Morgan fingerprint density at radius 3 is 2.62 bits per heavy atom. The molecule has 5 heteroatoms. The first-order valence-corrected chi connectivity index (χ1v) is 9.37. The van der Waals surface area contributed by atoms with E-state index in [4.69, 9.17) is 4.74 Å². The molecule has 0 radical (unpaired) electrons. The predicted octanol–water partition coefficient (Wildman–Crippen LogP) is 3.30. The minimum atomic E-state index is -0.204. The zero-order chi connectivity index (χ0) is 18.4. The van der Waals surface area contributed by atoms with Gasteiger partial charge in [-0.3, -0.25) is 9.59 Å². The highest BCUT2D eigenvalue weighted by Crippen LogP contribution is 2.29. The van der Waals surface area contributed by atoms with E-state index in [2.05, 4.69) is 29.4 Å². The molecule has 0 unspecified atom stereocenters. The van der Waals surface area contributed by atoms with Crippen molar-refractivity contribution in [2.75, 3.05) is 6.54 Å². The first kappa shape index (κ1) is 18.2. The van der Waals surface area contributed by atoms with Crippen LogP contribution in [-0.4, -0.2) is 23.5 Å². The van der Waals surface area contributed by atoms with E-state index in [1.54, 1.807) is 6.07 Å². The number of rotatable bonds is 6. The van der Waals surface area contributed by atoms with E-state index in [0.29, 0.717) is 18.0 Å². The third-order valence-corrected chi connectivity index (χ3v) is 5.04. The second kappa shape index (κ2) is 8.70. The molecule has 1 saturated carbocycles. The standard InChI is InChI=1S/C21H26N2O3/c1-2-16-5-3-4-6-19(16)26-18-10-7-15(8-11-18)13-23-21(25)17-9-12-20(24)22-14-17/h3-6,9,12,14-15,18H,2,7-8,10-11,13H2,1H3,(H,22,24)(H,23,25). The number of pyridine rings is 1. The van der Waals surface area contributed by atoms with E-state index in [1.165, 1.54) is 17.8 Å². The van der Waals surface area contributed by atoms with Crippen molar-refractivity contribution in [3.63, 3.8) is 0 Å². The van der Waals surface area contributed by atoms with E-state index in [1.807, 2.05) is 12.1 Å². The maximum absolute atomic E-state index is 12.1. The van der Waals surface area contributed by atoms with Crippen LogP contribution in [0.4, 0.5) is 0 Å². The van der Waals surface area contributed by atoms with Crippen LogP contribution in [0.2, 0.25) is 0 Å². The Morgan fingerprint density at radius 1 is 1.15 bits per heavy atom. The number of hydrogen-bond acceptors (Lipinski definition) is 3. The Bertz CT molecular complexity index is 771. The van der Waals surface area contributed by atoms with Crippen LogP contribution in [0.5, 0.6) is 5.75 Å². The molecule has 1 aliphatic rings. The molecule has 3 rings (SSSR count). The van der Waals surface area contributed by atoms with Crippen LogP contribution >= 0.6 is 0 Å². The van der Waals surface area contributed by atoms with Crippen molar-refractivity contribution in [2.24, 2.45) is 5.92 Å². The molecule has 1 fully saturated rings. The van der Waals surface area contributed by atoms with Gasteiger partial charge in [0.1, 0.15) is 5.75 Å². The van der Waals surface area contributed by atoms with Gasteiger partial charge in [0.15, 0.2) is 0 Å². The Kier molecular flexibility index (Phi) is 6.10. The largest absolute Gasteiger partial charge is 0.490 e. The Balaban J connectivity index is 1.44. The first-order chi connectivity index (χ1) is 12.7. The van der Waals surface area contributed by atoms with E-state index in [0.717, 1.165) is 37.9 Å². The van der Waals surface area contributed by atoms with Gasteiger partial charge in [0.05, 0.1) is 11.7 Å². The van der Waals surface area contributed by atoms with Crippen LogP contribution in [0.25, 0.3) is 0 Å². The summed E-state index contributed by atoms with van der Waals surface area (Å²) in [4.78, 5) is 25.7. The number of carbonyl (C=O) groups excluding carboxylic acids is 1. The number of nitrogens with one attached hydrogen (secondary N) is 2. The van der Waals surface area contributed by atoms with E-state index in [9.17, 15) is 9.59 Å². The molecule has 2 N–H and O–H groups in total. The number of benzene rings is 1. The van der Waals surface area contributed by atoms with E-state index in [-0.39, 0.29) is 17.6 Å². The highest BCUT2D eigenvalue weighted by Gasteiger charge is 2.23. The van der Waals surface area contributed by atoms with Gasteiger partial charge in [-0.2, -0.15) is 0 Å². The molecule has 1 aromatic heterocycles. The lowest BCUT2D eigenvalue weighted by Crippen LogP contribution is -2.33. The van der Waals surface area contributed by atoms with E-state index >= 15 is 0 Å². The van der Waals surface area contributed by atoms with Gasteiger partial charge in [0.25, 0.3) is 5.91 Å². The number of hydrogen-bond donors (Lipinski definition) is 2. The van der Waals surface area contributed by atoms with Gasteiger partial charge in [-0.05, 0) is 55.7 Å². The summed E-state index contributed by atoms with van der Waals surface area (Å²) in [6.45, 7) is 2.81. The molecule has 0 bridgehead atoms. The van der Waals surface area contributed by atoms with Gasteiger partial charge in [-0.25, -0.2) is 0 Å². The minimum absolute atomic E-state index is 0.142. The highest BCUT2D eigenvalue weighted by atomic mass is 16.5. The minimum Gasteiger partial charge on any atom is -0.490 e. The molecule has 0 aliphatic heterocycles.